The minimum Gasteiger partial charge on any atom is -0.478 e. The second kappa shape index (κ2) is 8.56. The van der Waals surface area contributed by atoms with Gasteiger partial charge in [0.25, 0.3) is 11.5 Å². The summed E-state index contributed by atoms with van der Waals surface area (Å²) >= 11 is 0. The summed E-state index contributed by atoms with van der Waals surface area (Å²) in [4.78, 5) is 41.3. The van der Waals surface area contributed by atoms with E-state index in [0.29, 0.717) is 17.0 Å². The Balaban J connectivity index is 1.51. The molecule has 1 aliphatic rings. The fraction of sp³-hybridized carbons (Fsp3) is 0.174. The minimum atomic E-state index is -1.10. The number of anilines is 3. The van der Waals surface area contributed by atoms with Crippen molar-refractivity contribution in [2.24, 2.45) is 0 Å². The van der Waals surface area contributed by atoms with Crippen LogP contribution < -0.4 is 21.5 Å². The molecule has 0 spiro atoms. The fourth-order valence-corrected chi connectivity index (χ4v) is 3.64. The number of nitrogens with one attached hydrogen (secondary N) is 3. The molecule has 1 aliphatic carbocycles. The average molecular weight is 477 g/mol. The molecule has 0 aliphatic heterocycles. The Hall–Kier alpha value is -4.74. The topological polar surface area (TPSA) is 143 Å². The van der Waals surface area contributed by atoms with Gasteiger partial charge in [-0.05, 0) is 30.3 Å². The number of aromatic carboxylic acids is 1. The third kappa shape index (κ3) is 4.16. The van der Waals surface area contributed by atoms with E-state index in [-0.39, 0.29) is 29.2 Å². The van der Waals surface area contributed by atoms with Crippen molar-refractivity contribution in [3.05, 3.63) is 76.5 Å². The first-order chi connectivity index (χ1) is 16.9. The Morgan fingerprint density at radius 2 is 1.97 bits per heavy atom. The summed E-state index contributed by atoms with van der Waals surface area (Å²) in [7, 11) is 1.68. The van der Waals surface area contributed by atoms with Crippen LogP contribution in [0.25, 0.3) is 11.3 Å². The van der Waals surface area contributed by atoms with Crippen LogP contribution >= 0.6 is 0 Å². The molecule has 3 heterocycles. The first kappa shape index (κ1) is 22.1. The number of imidazole rings is 1. The SMILES string of the molecule is CNc1cc(Nc2cccn(-c3cccc(C(=O)O)c3)c2=O)nn2c(C(=O)N[C@@H]3C[C@@H]3F)cnc12. The minimum absolute atomic E-state index is 0.0507. The lowest BCUT2D eigenvalue weighted by Gasteiger charge is -2.12. The average Bonchev–Trinajstić information content (AvgIpc) is 3.36. The normalized spacial score (nSPS) is 16.6. The summed E-state index contributed by atoms with van der Waals surface area (Å²) in [6, 6.07) is 10.3. The quantitative estimate of drug-likeness (QED) is 0.317. The van der Waals surface area contributed by atoms with Gasteiger partial charge in [-0.2, -0.15) is 0 Å². The van der Waals surface area contributed by atoms with Crippen molar-refractivity contribution in [1.29, 1.82) is 0 Å². The van der Waals surface area contributed by atoms with Crippen LogP contribution in [0.15, 0.2) is 59.7 Å². The number of carbonyl (C=O) groups is 2. The van der Waals surface area contributed by atoms with Gasteiger partial charge in [0.15, 0.2) is 17.2 Å². The molecule has 0 bridgehead atoms. The molecule has 1 aromatic carbocycles. The van der Waals surface area contributed by atoms with Crippen molar-refractivity contribution in [3.8, 4) is 5.69 Å². The summed E-state index contributed by atoms with van der Waals surface area (Å²) in [5, 5.41) is 22.2. The number of amides is 1. The first-order valence-corrected chi connectivity index (χ1v) is 10.7. The highest BCUT2D eigenvalue weighted by atomic mass is 19.1. The van der Waals surface area contributed by atoms with Crippen LogP contribution in [0, 0.1) is 0 Å². The van der Waals surface area contributed by atoms with Gasteiger partial charge in [0.05, 0.1) is 23.5 Å². The van der Waals surface area contributed by atoms with E-state index < -0.39 is 29.6 Å². The molecule has 0 unspecified atom stereocenters. The van der Waals surface area contributed by atoms with Crippen molar-refractivity contribution in [2.45, 2.75) is 18.6 Å². The van der Waals surface area contributed by atoms with E-state index in [1.807, 2.05) is 0 Å². The number of hydrogen-bond acceptors (Lipinski definition) is 7. The van der Waals surface area contributed by atoms with Crippen LogP contribution in [0.3, 0.4) is 0 Å². The van der Waals surface area contributed by atoms with Gasteiger partial charge in [-0.3, -0.25) is 14.2 Å². The van der Waals surface area contributed by atoms with E-state index in [2.05, 4.69) is 26.0 Å². The fourth-order valence-electron chi connectivity index (χ4n) is 3.64. The molecule has 1 saturated carbocycles. The highest BCUT2D eigenvalue weighted by Crippen LogP contribution is 2.26. The predicted molar refractivity (Wildman–Crippen MR) is 126 cm³/mol. The van der Waals surface area contributed by atoms with Crippen molar-refractivity contribution < 1.29 is 19.1 Å². The second-order valence-corrected chi connectivity index (χ2v) is 7.98. The maximum Gasteiger partial charge on any atom is 0.335 e. The number of aromatic nitrogens is 4. The number of hydrogen-bond donors (Lipinski definition) is 4. The number of nitrogens with zero attached hydrogens (tertiary/aromatic N) is 4. The van der Waals surface area contributed by atoms with E-state index in [9.17, 15) is 23.9 Å². The van der Waals surface area contributed by atoms with E-state index in [1.165, 1.54) is 33.6 Å². The van der Waals surface area contributed by atoms with Crippen LogP contribution in [-0.4, -0.2) is 55.4 Å². The highest BCUT2D eigenvalue weighted by Gasteiger charge is 2.39. The molecule has 35 heavy (non-hydrogen) atoms. The van der Waals surface area contributed by atoms with Crippen LogP contribution in [0.2, 0.25) is 0 Å². The predicted octanol–water partition coefficient (Wildman–Crippen LogP) is 2.20. The van der Waals surface area contributed by atoms with E-state index in [0.717, 1.165) is 0 Å². The van der Waals surface area contributed by atoms with Gasteiger partial charge < -0.3 is 21.1 Å². The molecule has 11 nitrogen and oxygen atoms in total. The monoisotopic (exact) mass is 477 g/mol. The maximum absolute atomic E-state index is 13.2. The first-order valence-electron chi connectivity index (χ1n) is 10.7. The molecule has 3 aromatic heterocycles. The number of carboxylic acids is 1. The van der Waals surface area contributed by atoms with Gasteiger partial charge in [-0.15, -0.1) is 5.10 Å². The lowest BCUT2D eigenvalue weighted by atomic mass is 10.2. The summed E-state index contributed by atoms with van der Waals surface area (Å²) in [5.41, 5.74) is 1.22. The third-order valence-corrected chi connectivity index (χ3v) is 5.58. The molecule has 5 rings (SSSR count). The van der Waals surface area contributed by atoms with E-state index in [1.54, 1.807) is 37.4 Å². The number of alkyl halides is 1. The molecule has 1 amide bonds. The highest BCUT2D eigenvalue weighted by molar-refractivity contribution is 5.94. The Morgan fingerprint density at radius 1 is 1.17 bits per heavy atom. The van der Waals surface area contributed by atoms with Crippen molar-refractivity contribution in [3.63, 3.8) is 0 Å². The lowest BCUT2D eigenvalue weighted by Crippen LogP contribution is -2.28. The Morgan fingerprint density at radius 3 is 2.69 bits per heavy atom. The van der Waals surface area contributed by atoms with Crippen LogP contribution in [0.5, 0.6) is 0 Å². The standard InChI is InChI=1S/C23H20FN7O4/c1-25-17-10-19(29-31-18(11-26-20(17)31)21(32)28-16-9-14(16)24)27-15-6-3-7-30(22(15)33)13-5-2-4-12(8-13)23(34)35/h2-8,10-11,14,16,25H,9H2,1H3,(H,27,29)(H,28,32)(H,34,35)/t14-,16+/m0/s1. The van der Waals surface area contributed by atoms with E-state index in [4.69, 9.17) is 0 Å². The lowest BCUT2D eigenvalue weighted by molar-refractivity contribution is 0.0696. The van der Waals surface area contributed by atoms with Crippen molar-refractivity contribution in [1.82, 2.24) is 24.5 Å². The van der Waals surface area contributed by atoms with Gasteiger partial charge in [-0.25, -0.2) is 18.7 Å². The zero-order valence-corrected chi connectivity index (χ0v) is 18.4. The molecular formula is C23H20FN7O4. The Labute approximate surface area is 197 Å². The number of carbonyl (C=O) groups excluding carboxylic acids is 1. The Bertz CT molecular complexity index is 1530. The molecular weight excluding hydrogens is 457 g/mol. The number of carboxylic acid groups (broad SMARTS) is 1. The summed E-state index contributed by atoms with van der Waals surface area (Å²) < 4.78 is 15.9. The van der Waals surface area contributed by atoms with Crippen molar-refractivity contribution >= 4 is 34.7 Å². The number of pyridine rings is 1. The molecule has 0 radical (unpaired) electrons. The number of rotatable bonds is 7. The third-order valence-electron chi connectivity index (χ3n) is 5.58. The van der Waals surface area contributed by atoms with Gasteiger partial charge in [-0.1, -0.05) is 6.07 Å². The summed E-state index contributed by atoms with van der Waals surface area (Å²) in [5.74, 6) is -1.36. The van der Waals surface area contributed by atoms with Gasteiger partial charge >= 0.3 is 5.97 Å². The zero-order chi connectivity index (χ0) is 24.7. The molecule has 2 atom stereocenters. The molecule has 4 aromatic rings. The molecule has 4 N–H and O–H groups in total. The van der Waals surface area contributed by atoms with Gasteiger partial charge in [0.2, 0.25) is 0 Å². The zero-order valence-electron chi connectivity index (χ0n) is 18.4. The van der Waals surface area contributed by atoms with Gasteiger partial charge in [0.1, 0.15) is 11.9 Å². The molecule has 0 saturated heterocycles. The maximum atomic E-state index is 13.2. The molecule has 12 heteroatoms. The van der Waals surface area contributed by atoms with Gasteiger partial charge in [0, 0.05) is 31.4 Å². The van der Waals surface area contributed by atoms with Crippen LogP contribution in [0.1, 0.15) is 27.3 Å². The summed E-state index contributed by atoms with van der Waals surface area (Å²) in [6.07, 6.45) is 2.11. The van der Waals surface area contributed by atoms with Crippen molar-refractivity contribution in [2.75, 3.05) is 17.7 Å². The largest absolute Gasteiger partial charge is 0.478 e. The molecule has 1 fully saturated rings. The number of halogens is 1. The number of benzene rings is 1. The van der Waals surface area contributed by atoms with Crippen LogP contribution in [0.4, 0.5) is 21.6 Å². The van der Waals surface area contributed by atoms with Crippen LogP contribution in [-0.2, 0) is 0 Å². The van der Waals surface area contributed by atoms with E-state index >= 15 is 0 Å². The smallest absolute Gasteiger partial charge is 0.335 e. The number of fused-ring (bicyclic) bond motifs is 1. The summed E-state index contributed by atoms with van der Waals surface area (Å²) in [6.45, 7) is 0. The molecule has 178 valence electrons. The Kier molecular flexibility index (Phi) is 5.40. The second-order valence-electron chi connectivity index (χ2n) is 7.98.